The van der Waals surface area contributed by atoms with E-state index in [1.807, 2.05) is 36.4 Å². The highest BCUT2D eigenvalue weighted by molar-refractivity contribution is 7.45. The van der Waals surface area contributed by atoms with E-state index >= 15 is 0 Å². The second-order valence-electron chi connectivity index (χ2n) is 5.09. The fraction of sp³-hybridized carbons (Fsp3) is 0.333. The van der Waals surface area contributed by atoms with Crippen molar-refractivity contribution in [1.29, 1.82) is 0 Å². The fourth-order valence-electron chi connectivity index (χ4n) is 2.07. The molecule has 4 heteroatoms. The maximum absolute atomic E-state index is 6.22. The summed E-state index contributed by atoms with van der Waals surface area (Å²) in [6.45, 7) is 10.1. The van der Waals surface area contributed by atoms with E-state index in [2.05, 4.69) is 44.5 Å². The van der Waals surface area contributed by atoms with Crippen LogP contribution in [0.2, 0.25) is 0 Å². The van der Waals surface area contributed by atoms with E-state index in [1.165, 1.54) is 0 Å². The van der Waals surface area contributed by atoms with Crippen molar-refractivity contribution in [3.8, 4) is 11.5 Å². The molecule has 118 valence electrons. The number of benzene rings is 2. The molecular weight excluding hydrogens is 293 g/mol. The molecule has 0 saturated heterocycles. The van der Waals surface area contributed by atoms with Gasteiger partial charge in [-0.25, -0.2) is 4.67 Å². The van der Waals surface area contributed by atoms with Crippen LogP contribution < -0.4 is 9.05 Å². The van der Waals surface area contributed by atoms with Crippen molar-refractivity contribution in [3.05, 3.63) is 59.7 Å². The van der Waals surface area contributed by atoms with Crippen LogP contribution >= 0.6 is 8.53 Å². The highest BCUT2D eigenvalue weighted by Gasteiger charge is 2.23. The summed E-state index contributed by atoms with van der Waals surface area (Å²) >= 11 is 0. The smallest absolute Gasteiger partial charge is 0.384 e. The number of hydrogen-bond acceptors (Lipinski definition) is 3. The van der Waals surface area contributed by atoms with Crippen LogP contribution in [0.25, 0.3) is 0 Å². The van der Waals surface area contributed by atoms with Crippen molar-refractivity contribution in [2.75, 3.05) is 13.1 Å². The molecule has 0 aliphatic heterocycles. The maximum Gasteiger partial charge on any atom is 0.384 e. The molecule has 0 amide bonds. The Morgan fingerprint density at radius 1 is 0.773 bits per heavy atom. The Hall–Kier alpha value is -1.57. The van der Waals surface area contributed by atoms with Crippen LogP contribution in [0.15, 0.2) is 48.5 Å². The van der Waals surface area contributed by atoms with Gasteiger partial charge in [0.05, 0.1) is 0 Å². The summed E-state index contributed by atoms with van der Waals surface area (Å²) in [5, 5.41) is 0. The molecule has 2 rings (SSSR count). The van der Waals surface area contributed by atoms with Gasteiger partial charge in [-0.15, -0.1) is 0 Å². The van der Waals surface area contributed by atoms with Crippen LogP contribution in [0.4, 0.5) is 0 Å². The molecule has 0 atom stereocenters. The lowest BCUT2D eigenvalue weighted by molar-refractivity contribution is 0.370. The van der Waals surface area contributed by atoms with Gasteiger partial charge in [-0.2, -0.15) is 0 Å². The molecule has 0 N–H and O–H groups in total. The standard InChI is InChI=1S/C18H24NO2P/c1-5-19(6-2)22(20-17-13-9-7-11-15(17)3)21-18-14-10-8-12-16(18)4/h7-14H,5-6H2,1-4H3. The zero-order valence-corrected chi connectivity index (χ0v) is 14.6. The van der Waals surface area contributed by atoms with Crippen LogP contribution in [0, 0.1) is 13.8 Å². The average molecular weight is 317 g/mol. The van der Waals surface area contributed by atoms with Crippen LogP contribution in [0.5, 0.6) is 11.5 Å². The molecule has 3 nitrogen and oxygen atoms in total. The second-order valence-corrected chi connectivity index (χ2v) is 6.50. The summed E-state index contributed by atoms with van der Waals surface area (Å²) in [7, 11) is -1.18. The molecule has 0 bridgehead atoms. The summed E-state index contributed by atoms with van der Waals surface area (Å²) in [6, 6.07) is 16.1. The summed E-state index contributed by atoms with van der Waals surface area (Å²) in [5.74, 6) is 1.77. The third-order valence-electron chi connectivity index (χ3n) is 3.50. The van der Waals surface area contributed by atoms with Crippen molar-refractivity contribution in [1.82, 2.24) is 4.67 Å². The van der Waals surface area contributed by atoms with E-state index in [9.17, 15) is 0 Å². The van der Waals surface area contributed by atoms with E-state index in [-0.39, 0.29) is 0 Å². The van der Waals surface area contributed by atoms with E-state index in [0.29, 0.717) is 0 Å². The zero-order chi connectivity index (χ0) is 15.9. The first kappa shape index (κ1) is 16.8. The predicted molar refractivity (Wildman–Crippen MR) is 93.5 cm³/mol. The molecule has 22 heavy (non-hydrogen) atoms. The predicted octanol–water partition coefficient (Wildman–Crippen LogP) is 5.33. The lowest BCUT2D eigenvalue weighted by Crippen LogP contribution is -2.22. The number of rotatable bonds is 7. The maximum atomic E-state index is 6.22. The van der Waals surface area contributed by atoms with Gasteiger partial charge in [-0.05, 0) is 37.1 Å². The van der Waals surface area contributed by atoms with Crippen molar-refractivity contribution < 1.29 is 9.05 Å². The van der Waals surface area contributed by atoms with E-state index in [0.717, 1.165) is 35.7 Å². The van der Waals surface area contributed by atoms with Gasteiger partial charge < -0.3 is 9.05 Å². The first-order valence-electron chi connectivity index (χ1n) is 7.67. The number of nitrogens with zero attached hydrogens (tertiary/aromatic N) is 1. The number of aryl methyl sites for hydroxylation is 2. The monoisotopic (exact) mass is 317 g/mol. The molecular formula is C18H24NO2P. The first-order valence-corrected chi connectivity index (χ1v) is 8.81. The number of para-hydroxylation sites is 2. The minimum Gasteiger partial charge on any atom is -0.427 e. The third kappa shape index (κ3) is 4.22. The van der Waals surface area contributed by atoms with Gasteiger partial charge in [0.15, 0.2) is 0 Å². The molecule has 0 radical (unpaired) electrons. The molecule has 0 unspecified atom stereocenters. The minimum atomic E-state index is -1.18. The van der Waals surface area contributed by atoms with Crippen LogP contribution in [-0.4, -0.2) is 17.8 Å². The Morgan fingerprint density at radius 3 is 1.55 bits per heavy atom. The van der Waals surface area contributed by atoms with Gasteiger partial charge >= 0.3 is 8.53 Å². The number of hydrogen-bond donors (Lipinski definition) is 0. The highest BCUT2D eigenvalue weighted by Crippen LogP contribution is 2.45. The molecule has 0 saturated carbocycles. The molecule has 0 spiro atoms. The Morgan fingerprint density at radius 2 is 1.18 bits per heavy atom. The van der Waals surface area contributed by atoms with E-state index in [4.69, 9.17) is 9.05 Å². The molecule has 0 aliphatic rings. The topological polar surface area (TPSA) is 21.7 Å². The van der Waals surface area contributed by atoms with Gasteiger partial charge in [0.1, 0.15) is 11.5 Å². The van der Waals surface area contributed by atoms with Crippen molar-refractivity contribution in [2.24, 2.45) is 0 Å². The molecule has 0 heterocycles. The summed E-state index contributed by atoms with van der Waals surface area (Å²) in [6.07, 6.45) is 0. The molecule has 2 aromatic rings. The van der Waals surface area contributed by atoms with Crippen molar-refractivity contribution in [3.63, 3.8) is 0 Å². The van der Waals surface area contributed by atoms with Crippen LogP contribution in [0.3, 0.4) is 0 Å². The summed E-state index contributed by atoms with van der Waals surface area (Å²) in [5.41, 5.74) is 2.24. The summed E-state index contributed by atoms with van der Waals surface area (Å²) in [4.78, 5) is 0. The van der Waals surface area contributed by atoms with Gasteiger partial charge in [-0.1, -0.05) is 50.2 Å². The largest absolute Gasteiger partial charge is 0.427 e. The average Bonchev–Trinajstić information content (AvgIpc) is 2.52. The quantitative estimate of drug-likeness (QED) is 0.644. The van der Waals surface area contributed by atoms with E-state index < -0.39 is 8.53 Å². The van der Waals surface area contributed by atoms with Gasteiger partial charge in [0.25, 0.3) is 0 Å². The first-order chi connectivity index (χ1) is 10.7. The van der Waals surface area contributed by atoms with E-state index in [1.54, 1.807) is 0 Å². The fourth-order valence-corrected chi connectivity index (χ4v) is 3.55. The minimum absolute atomic E-state index is 0.883. The third-order valence-corrected chi connectivity index (χ3v) is 5.23. The molecule has 2 aromatic carbocycles. The Labute approximate surface area is 134 Å². The second kappa shape index (κ2) is 8.17. The molecule has 0 aromatic heterocycles. The lowest BCUT2D eigenvalue weighted by Gasteiger charge is -2.28. The Bertz CT molecular complexity index is 552. The SMILES string of the molecule is CCN(CC)P(Oc1ccccc1C)Oc1ccccc1C. The highest BCUT2D eigenvalue weighted by atomic mass is 31.2. The zero-order valence-electron chi connectivity index (χ0n) is 13.7. The lowest BCUT2D eigenvalue weighted by atomic mass is 10.2. The normalized spacial score (nSPS) is 11.0. The van der Waals surface area contributed by atoms with Crippen LogP contribution in [-0.2, 0) is 0 Å². The van der Waals surface area contributed by atoms with Crippen molar-refractivity contribution in [2.45, 2.75) is 27.7 Å². The Kier molecular flexibility index (Phi) is 6.23. The van der Waals surface area contributed by atoms with Gasteiger partial charge in [0.2, 0.25) is 0 Å². The van der Waals surface area contributed by atoms with Crippen molar-refractivity contribution >= 4 is 8.53 Å². The molecule has 0 aliphatic carbocycles. The van der Waals surface area contributed by atoms with Gasteiger partial charge in [0, 0.05) is 13.1 Å². The Balaban J connectivity index is 2.23. The molecule has 0 fully saturated rings. The summed E-state index contributed by atoms with van der Waals surface area (Å²) < 4.78 is 14.6. The van der Waals surface area contributed by atoms with Gasteiger partial charge in [-0.3, -0.25) is 0 Å². The van der Waals surface area contributed by atoms with Crippen LogP contribution in [0.1, 0.15) is 25.0 Å².